The number of benzene rings is 1. The molecule has 0 saturated carbocycles. The molecule has 78 valence electrons. The molecule has 0 spiro atoms. The maximum atomic E-state index is 10.5. The Morgan fingerprint density at radius 1 is 1.47 bits per heavy atom. The van der Waals surface area contributed by atoms with Gasteiger partial charge in [0.05, 0.1) is 10.8 Å². The zero-order valence-electron chi connectivity index (χ0n) is 8.30. The molecule has 0 amide bonds. The van der Waals surface area contributed by atoms with Gasteiger partial charge in [0.15, 0.2) is 0 Å². The molecule has 1 heterocycles. The lowest BCUT2D eigenvalue weighted by Crippen LogP contribution is -1.99. The number of carbonyl (C=O) groups is 1. The normalized spacial score (nSPS) is 10.7. The zero-order chi connectivity index (χ0) is 10.8. The summed E-state index contributed by atoms with van der Waals surface area (Å²) in [6, 6.07) is 10.0. The van der Waals surface area contributed by atoms with Crippen LogP contribution in [0.4, 0.5) is 0 Å². The van der Waals surface area contributed by atoms with Crippen molar-refractivity contribution < 1.29 is 9.90 Å². The van der Waals surface area contributed by atoms with Crippen LogP contribution in [0, 0.1) is 0 Å². The van der Waals surface area contributed by atoms with Gasteiger partial charge in [0.25, 0.3) is 0 Å². The first-order chi connectivity index (χ1) is 7.18. The molecule has 0 radical (unpaired) electrons. The van der Waals surface area contributed by atoms with Crippen LogP contribution in [0.2, 0.25) is 0 Å². The lowest BCUT2D eigenvalue weighted by molar-refractivity contribution is -0.133. The minimum atomic E-state index is -0.787. The van der Waals surface area contributed by atoms with Gasteiger partial charge < -0.3 is 9.67 Å². The van der Waals surface area contributed by atoms with Gasteiger partial charge in [-0.3, -0.25) is 4.79 Å². The lowest BCUT2D eigenvalue weighted by atomic mass is 10.2. The van der Waals surface area contributed by atoms with Gasteiger partial charge in [0.1, 0.15) is 0 Å². The molecule has 1 aromatic heterocycles. The van der Waals surface area contributed by atoms with E-state index in [0.29, 0.717) is 0 Å². The maximum Gasteiger partial charge on any atom is 0.313 e. The number of hydrogen-bond acceptors (Lipinski definition) is 2. The molecule has 0 aliphatic carbocycles. The number of rotatable bonds is 3. The molecular weight excluding hydrogens is 210 g/mol. The number of aryl methyl sites for hydroxylation is 1. The Labute approximate surface area is 91.7 Å². The number of carboxylic acid groups (broad SMARTS) is 1. The number of fused-ring (bicyclic) bond motifs is 1. The Bertz CT molecular complexity index is 504. The Morgan fingerprint density at radius 3 is 2.87 bits per heavy atom. The summed E-state index contributed by atoms with van der Waals surface area (Å²) in [6.45, 7) is 0. The second-order valence-corrected chi connectivity index (χ2v) is 4.28. The largest absolute Gasteiger partial charge is 0.481 e. The molecule has 0 atom stereocenters. The van der Waals surface area contributed by atoms with Gasteiger partial charge in [0, 0.05) is 18.0 Å². The standard InChI is InChI=1S/C11H11NO2S/c1-12-9-5-3-2-4-8(9)6-10(12)15-7-11(13)14/h2-6H,7H2,1H3,(H,13,14). The Kier molecular flexibility index (Phi) is 2.68. The number of aromatic nitrogens is 1. The summed E-state index contributed by atoms with van der Waals surface area (Å²) in [5, 5.41) is 10.7. The van der Waals surface area contributed by atoms with Gasteiger partial charge in [-0.15, -0.1) is 0 Å². The molecule has 1 N–H and O–H groups in total. The minimum Gasteiger partial charge on any atom is -0.481 e. The number of thioether (sulfide) groups is 1. The van der Waals surface area contributed by atoms with Crippen molar-refractivity contribution in [2.24, 2.45) is 7.05 Å². The van der Waals surface area contributed by atoms with Crippen LogP contribution in [0.25, 0.3) is 10.9 Å². The van der Waals surface area contributed by atoms with Gasteiger partial charge in [-0.25, -0.2) is 0 Å². The molecule has 2 rings (SSSR count). The van der Waals surface area contributed by atoms with Crippen LogP contribution in [0.3, 0.4) is 0 Å². The number of para-hydroxylation sites is 1. The van der Waals surface area contributed by atoms with Crippen molar-refractivity contribution in [1.82, 2.24) is 4.57 Å². The average Bonchev–Trinajstić information content (AvgIpc) is 2.54. The van der Waals surface area contributed by atoms with E-state index in [2.05, 4.69) is 0 Å². The van der Waals surface area contributed by atoms with Crippen molar-refractivity contribution in [3.05, 3.63) is 30.3 Å². The third-order valence-corrected chi connectivity index (χ3v) is 3.33. The summed E-state index contributed by atoms with van der Waals surface area (Å²) in [7, 11) is 1.95. The highest BCUT2D eigenvalue weighted by molar-refractivity contribution is 7.99. The van der Waals surface area contributed by atoms with Crippen LogP contribution in [0.15, 0.2) is 35.4 Å². The second-order valence-electron chi connectivity index (χ2n) is 3.28. The quantitative estimate of drug-likeness (QED) is 0.809. The molecular formula is C11H11NO2S. The molecule has 0 aliphatic heterocycles. The van der Waals surface area contributed by atoms with Crippen molar-refractivity contribution in [1.29, 1.82) is 0 Å². The first-order valence-electron chi connectivity index (χ1n) is 4.57. The molecule has 0 saturated heterocycles. The van der Waals surface area contributed by atoms with Gasteiger partial charge in [-0.1, -0.05) is 30.0 Å². The summed E-state index contributed by atoms with van der Waals surface area (Å²) >= 11 is 1.34. The molecule has 0 aliphatic rings. The smallest absolute Gasteiger partial charge is 0.313 e. The van der Waals surface area contributed by atoms with Crippen LogP contribution >= 0.6 is 11.8 Å². The molecule has 0 fully saturated rings. The van der Waals surface area contributed by atoms with Crippen LogP contribution in [-0.2, 0) is 11.8 Å². The van der Waals surface area contributed by atoms with Crippen LogP contribution < -0.4 is 0 Å². The molecule has 2 aromatic rings. The third-order valence-electron chi connectivity index (χ3n) is 2.25. The molecule has 3 nitrogen and oxygen atoms in total. The van der Waals surface area contributed by atoms with Crippen LogP contribution in [0.1, 0.15) is 0 Å². The molecule has 15 heavy (non-hydrogen) atoms. The van der Waals surface area contributed by atoms with Gasteiger partial charge in [-0.2, -0.15) is 0 Å². The van der Waals surface area contributed by atoms with Crippen molar-refractivity contribution >= 4 is 28.6 Å². The van der Waals surface area contributed by atoms with E-state index in [1.54, 1.807) is 0 Å². The Hall–Kier alpha value is -1.42. The highest BCUT2D eigenvalue weighted by Gasteiger charge is 2.07. The third kappa shape index (κ3) is 1.99. The van der Waals surface area contributed by atoms with E-state index in [1.165, 1.54) is 11.8 Å². The van der Waals surface area contributed by atoms with E-state index in [9.17, 15) is 4.79 Å². The van der Waals surface area contributed by atoms with Crippen LogP contribution in [0.5, 0.6) is 0 Å². The van der Waals surface area contributed by atoms with Crippen molar-refractivity contribution in [3.63, 3.8) is 0 Å². The summed E-state index contributed by atoms with van der Waals surface area (Å²) < 4.78 is 2.02. The number of hydrogen-bond donors (Lipinski definition) is 1. The molecule has 4 heteroatoms. The van der Waals surface area contributed by atoms with Crippen molar-refractivity contribution in [2.45, 2.75) is 5.03 Å². The second kappa shape index (κ2) is 3.98. The topological polar surface area (TPSA) is 42.2 Å². The van der Waals surface area contributed by atoms with E-state index in [-0.39, 0.29) is 5.75 Å². The Morgan fingerprint density at radius 2 is 2.20 bits per heavy atom. The van der Waals surface area contributed by atoms with Gasteiger partial charge in [-0.05, 0) is 12.1 Å². The fraction of sp³-hybridized carbons (Fsp3) is 0.182. The van der Waals surface area contributed by atoms with E-state index in [0.717, 1.165) is 15.9 Å². The van der Waals surface area contributed by atoms with E-state index < -0.39 is 5.97 Å². The predicted octanol–water partition coefficient (Wildman–Crippen LogP) is 2.36. The number of nitrogens with zero attached hydrogens (tertiary/aromatic N) is 1. The predicted molar refractivity (Wildman–Crippen MR) is 61.3 cm³/mol. The first kappa shape index (κ1) is 10.1. The van der Waals surface area contributed by atoms with Gasteiger partial charge in [0.2, 0.25) is 0 Å². The van der Waals surface area contributed by atoms with E-state index in [4.69, 9.17) is 5.11 Å². The van der Waals surface area contributed by atoms with Crippen molar-refractivity contribution in [3.8, 4) is 0 Å². The highest BCUT2D eigenvalue weighted by Crippen LogP contribution is 2.25. The fourth-order valence-corrected chi connectivity index (χ4v) is 2.31. The summed E-state index contributed by atoms with van der Waals surface area (Å²) in [5.74, 6) is -0.685. The average molecular weight is 221 g/mol. The summed E-state index contributed by atoms with van der Waals surface area (Å²) in [6.07, 6.45) is 0. The van der Waals surface area contributed by atoms with E-state index in [1.807, 2.05) is 41.9 Å². The lowest BCUT2D eigenvalue weighted by Gasteiger charge is -2.01. The number of carboxylic acids is 1. The van der Waals surface area contributed by atoms with Gasteiger partial charge >= 0.3 is 5.97 Å². The van der Waals surface area contributed by atoms with Crippen molar-refractivity contribution in [2.75, 3.05) is 5.75 Å². The first-order valence-corrected chi connectivity index (χ1v) is 5.56. The van der Waals surface area contributed by atoms with Crippen LogP contribution in [-0.4, -0.2) is 21.4 Å². The zero-order valence-corrected chi connectivity index (χ0v) is 9.12. The maximum absolute atomic E-state index is 10.5. The monoisotopic (exact) mass is 221 g/mol. The Balaban J connectivity index is 2.36. The highest BCUT2D eigenvalue weighted by atomic mass is 32.2. The molecule has 1 aromatic carbocycles. The summed E-state index contributed by atoms with van der Waals surface area (Å²) in [5.41, 5.74) is 1.13. The minimum absolute atomic E-state index is 0.101. The molecule has 0 bridgehead atoms. The fourth-order valence-electron chi connectivity index (χ4n) is 1.54. The summed E-state index contributed by atoms with van der Waals surface area (Å²) in [4.78, 5) is 10.5. The SMILES string of the molecule is Cn1c(SCC(=O)O)cc2ccccc21. The van der Waals surface area contributed by atoms with E-state index >= 15 is 0 Å². The number of aliphatic carboxylic acids is 1. The molecule has 0 unspecified atom stereocenters.